The average molecular weight is 239 g/mol. The molecule has 0 amide bonds. The van der Waals surface area contributed by atoms with Gasteiger partial charge in [-0.15, -0.1) is 23.1 Å². The minimum absolute atomic E-state index is 0.157. The van der Waals surface area contributed by atoms with E-state index in [1.54, 1.807) is 23.5 Å². The monoisotopic (exact) mass is 239 g/mol. The van der Waals surface area contributed by atoms with E-state index in [-0.39, 0.29) is 5.82 Å². The molecule has 0 fully saturated rings. The van der Waals surface area contributed by atoms with Gasteiger partial charge in [0.05, 0.1) is 5.75 Å². The molecule has 2 rings (SSSR count). The Morgan fingerprint density at radius 3 is 2.87 bits per heavy atom. The highest BCUT2D eigenvalue weighted by molar-refractivity contribution is 7.98. The van der Waals surface area contributed by atoms with Crippen LogP contribution in [0.2, 0.25) is 0 Å². The van der Waals surface area contributed by atoms with Crippen LogP contribution in [0, 0.1) is 12.7 Å². The zero-order valence-electron chi connectivity index (χ0n) is 8.24. The van der Waals surface area contributed by atoms with Gasteiger partial charge in [-0.25, -0.2) is 9.37 Å². The van der Waals surface area contributed by atoms with Crippen molar-refractivity contribution in [3.63, 3.8) is 0 Å². The summed E-state index contributed by atoms with van der Waals surface area (Å²) in [4.78, 5) is 6.11. The number of thioether (sulfide) groups is 1. The molecule has 0 unspecified atom stereocenters. The number of nitrogens with zero attached hydrogens (tertiary/aromatic N) is 1. The molecule has 0 N–H and O–H groups in total. The second-order valence-corrected chi connectivity index (χ2v) is 5.42. The Hall–Kier alpha value is -0.870. The normalized spacial score (nSPS) is 10.5. The van der Waals surface area contributed by atoms with Crippen molar-refractivity contribution < 1.29 is 4.39 Å². The molecule has 78 valence electrons. The zero-order valence-corrected chi connectivity index (χ0v) is 9.87. The van der Waals surface area contributed by atoms with Gasteiger partial charge in [-0.3, -0.25) is 0 Å². The lowest BCUT2D eigenvalue weighted by Gasteiger charge is -1.99. The lowest BCUT2D eigenvalue weighted by atomic mass is 10.3. The van der Waals surface area contributed by atoms with Crippen LogP contribution in [0.15, 0.2) is 35.4 Å². The highest BCUT2D eigenvalue weighted by Gasteiger charge is 2.03. The number of aromatic nitrogens is 1. The number of hydrogen-bond acceptors (Lipinski definition) is 3. The molecule has 1 heterocycles. The minimum atomic E-state index is -0.157. The molecule has 0 bridgehead atoms. The molecule has 1 nitrogen and oxygen atoms in total. The first-order valence-electron chi connectivity index (χ1n) is 4.54. The predicted molar refractivity (Wildman–Crippen MR) is 62.8 cm³/mol. The van der Waals surface area contributed by atoms with E-state index in [1.165, 1.54) is 22.7 Å². The van der Waals surface area contributed by atoms with Gasteiger partial charge in [0, 0.05) is 16.0 Å². The summed E-state index contributed by atoms with van der Waals surface area (Å²) in [5, 5.41) is 1.04. The Bertz CT molecular complexity index is 453. The summed E-state index contributed by atoms with van der Waals surface area (Å²) in [6.07, 6.45) is 1.85. The molecule has 2 aromatic rings. The number of thiazole rings is 1. The fourth-order valence-electron chi connectivity index (χ4n) is 1.17. The van der Waals surface area contributed by atoms with E-state index in [9.17, 15) is 4.39 Å². The van der Waals surface area contributed by atoms with Crippen molar-refractivity contribution in [1.29, 1.82) is 0 Å². The third-order valence-corrected chi connectivity index (χ3v) is 4.01. The smallest absolute Gasteiger partial charge is 0.136 e. The number of aryl methyl sites for hydroxylation is 1. The molecule has 4 heteroatoms. The van der Waals surface area contributed by atoms with Crippen molar-refractivity contribution in [3.8, 4) is 0 Å². The van der Waals surface area contributed by atoms with Crippen molar-refractivity contribution in [2.45, 2.75) is 17.6 Å². The van der Waals surface area contributed by atoms with Gasteiger partial charge in [0.25, 0.3) is 0 Å². The Morgan fingerprint density at radius 1 is 1.40 bits per heavy atom. The summed E-state index contributed by atoms with van der Waals surface area (Å²) in [6.45, 7) is 2.02. The zero-order chi connectivity index (χ0) is 10.7. The topological polar surface area (TPSA) is 12.9 Å². The van der Waals surface area contributed by atoms with Gasteiger partial charge in [-0.2, -0.15) is 0 Å². The second kappa shape index (κ2) is 4.77. The number of benzene rings is 1. The highest BCUT2D eigenvalue weighted by atomic mass is 32.2. The van der Waals surface area contributed by atoms with Crippen LogP contribution in [0.3, 0.4) is 0 Å². The lowest BCUT2D eigenvalue weighted by Crippen LogP contribution is -1.81. The van der Waals surface area contributed by atoms with Crippen molar-refractivity contribution in [3.05, 3.63) is 46.2 Å². The van der Waals surface area contributed by atoms with Gasteiger partial charge in [0.2, 0.25) is 0 Å². The maximum atomic E-state index is 13.3. The van der Waals surface area contributed by atoms with Crippen LogP contribution in [-0.2, 0) is 5.75 Å². The lowest BCUT2D eigenvalue weighted by molar-refractivity contribution is 0.602. The molecular weight excluding hydrogens is 229 g/mol. The van der Waals surface area contributed by atoms with Gasteiger partial charge in [0.1, 0.15) is 10.8 Å². The molecule has 0 saturated heterocycles. The fourth-order valence-corrected chi connectivity index (χ4v) is 2.90. The molecule has 0 radical (unpaired) electrons. The summed E-state index contributed by atoms with van der Waals surface area (Å²) in [6, 6.07) is 6.82. The quantitative estimate of drug-likeness (QED) is 0.754. The molecular formula is C11H10FNS2. The molecule has 0 atom stereocenters. The maximum Gasteiger partial charge on any atom is 0.136 e. The number of hydrogen-bond donors (Lipinski definition) is 0. The standard InChI is InChI=1S/C11H10FNS2/c1-8-6-13-11(15-8)7-14-10-5-3-2-4-9(10)12/h2-6H,7H2,1H3. The first-order chi connectivity index (χ1) is 7.25. The van der Waals surface area contributed by atoms with Crippen molar-refractivity contribution in [2.24, 2.45) is 0 Å². The molecule has 0 saturated carbocycles. The van der Waals surface area contributed by atoms with Gasteiger partial charge >= 0.3 is 0 Å². The molecule has 0 aliphatic carbocycles. The average Bonchev–Trinajstić information content (AvgIpc) is 2.63. The van der Waals surface area contributed by atoms with Gasteiger partial charge < -0.3 is 0 Å². The summed E-state index contributed by atoms with van der Waals surface area (Å²) in [5.41, 5.74) is 0. The molecule has 0 spiro atoms. The molecule has 0 aliphatic heterocycles. The Balaban J connectivity index is 2.02. The van der Waals surface area contributed by atoms with Crippen molar-refractivity contribution in [2.75, 3.05) is 0 Å². The van der Waals surface area contributed by atoms with Crippen LogP contribution < -0.4 is 0 Å². The fraction of sp³-hybridized carbons (Fsp3) is 0.182. The minimum Gasteiger partial charge on any atom is -0.249 e. The summed E-state index contributed by atoms with van der Waals surface area (Å²) < 4.78 is 13.3. The van der Waals surface area contributed by atoms with Crippen LogP contribution in [-0.4, -0.2) is 4.98 Å². The predicted octanol–water partition coefficient (Wildman–Crippen LogP) is 3.88. The molecule has 15 heavy (non-hydrogen) atoms. The summed E-state index contributed by atoms with van der Waals surface area (Å²) in [7, 11) is 0. The van der Waals surface area contributed by atoms with E-state index in [0.29, 0.717) is 4.90 Å². The third kappa shape index (κ3) is 2.79. The third-order valence-electron chi connectivity index (χ3n) is 1.86. The molecule has 1 aromatic heterocycles. The SMILES string of the molecule is Cc1cnc(CSc2ccccc2F)s1. The summed E-state index contributed by atoms with van der Waals surface area (Å²) in [5.74, 6) is 0.579. The first-order valence-corrected chi connectivity index (χ1v) is 6.34. The van der Waals surface area contributed by atoms with Gasteiger partial charge in [0.15, 0.2) is 0 Å². The van der Waals surface area contributed by atoms with Crippen LogP contribution >= 0.6 is 23.1 Å². The maximum absolute atomic E-state index is 13.3. The Kier molecular flexibility index (Phi) is 3.38. The van der Waals surface area contributed by atoms with Crippen molar-refractivity contribution in [1.82, 2.24) is 4.98 Å². The van der Waals surface area contributed by atoms with E-state index in [4.69, 9.17) is 0 Å². The summed E-state index contributed by atoms with van der Waals surface area (Å²) >= 11 is 3.14. The van der Waals surface area contributed by atoms with Crippen molar-refractivity contribution >= 4 is 23.1 Å². The van der Waals surface area contributed by atoms with Crippen LogP contribution in [0.25, 0.3) is 0 Å². The van der Waals surface area contributed by atoms with Crippen LogP contribution in [0.4, 0.5) is 4.39 Å². The van der Waals surface area contributed by atoms with Crippen LogP contribution in [0.1, 0.15) is 9.88 Å². The Labute approximate surface area is 96.4 Å². The van der Waals surface area contributed by atoms with E-state index in [0.717, 1.165) is 10.8 Å². The Morgan fingerprint density at radius 2 is 2.20 bits per heavy atom. The molecule has 0 aliphatic rings. The second-order valence-electron chi connectivity index (χ2n) is 3.08. The van der Waals surface area contributed by atoms with Crippen LogP contribution in [0.5, 0.6) is 0 Å². The first kappa shape index (κ1) is 10.6. The van der Waals surface area contributed by atoms with E-state index >= 15 is 0 Å². The molecule has 1 aromatic carbocycles. The van der Waals surface area contributed by atoms with E-state index in [2.05, 4.69) is 4.98 Å². The van der Waals surface area contributed by atoms with Gasteiger partial charge in [-0.1, -0.05) is 12.1 Å². The van der Waals surface area contributed by atoms with Gasteiger partial charge in [-0.05, 0) is 19.1 Å². The highest BCUT2D eigenvalue weighted by Crippen LogP contribution is 2.26. The van der Waals surface area contributed by atoms with E-state index in [1.807, 2.05) is 19.2 Å². The van der Waals surface area contributed by atoms with E-state index < -0.39 is 0 Å². The number of halogens is 1. The number of rotatable bonds is 3. The largest absolute Gasteiger partial charge is 0.249 e.